The number of alkyl halides is 3. The lowest BCUT2D eigenvalue weighted by atomic mass is 9.96. The van der Waals surface area contributed by atoms with Gasteiger partial charge in [0, 0.05) is 23.9 Å². The third kappa shape index (κ3) is 4.82. The third-order valence-electron chi connectivity index (χ3n) is 3.67. The number of nitrogens with one attached hydrogen (secondary N) is 1. The molecule has 6 nitrogen and oxygen atoms in total. The summed E-state index contributed by atoms with van der Waals surface area (Å²) in [5, 5.41) is 3.74. The number of nitrogens with zero attached hydrogens (tertiary/aromatic N) is 2. The molecule has 0 bridgehead atoms. The fraction of sp³-hybridized carbons (Fsp3) is 0.278. The Labute approximate surface area is 154 Å². The molecular formula is C18H18F3N3O3. The molecule has 0 aliphatic rings. The Hall–Kier alpha value is -2.94. The van der Waals surface area contributed by atoms with Crippen molar-refractivity contribution in [2.24, 2.45) is 5.10 Å². The number of benzene rings is 1. The highest BCUT2D eigenvalue weighted by atomic mass is 19.4. The normalized spacial score (nSPS) is 12.0. The quantitative estimate of drug-likeness (QED) is 0.454. The maximum atomic E-state index is 13.7. The van der Waals surface area contributed by atoms with Gasteiger partial charge < -0.3 is 9.47 Å². The molecule has 9 heteroatoms. The number of pyridine rings is 1. The van der Waals surface area contributed by atoms with Gasteiger partial charge in [-0.05, 0) is 30.7 Å². The van der Waals surface area contributed by atoms with Gasteiger partial charge in [-0.1, -0.05) is 12.1 Å². The first-order valence-corrected chi connectivity index (χ1v) is 7.80. The molecule has 144 valence electrons. The summed E-state index contributed by atoms with van der Waals surface area (Å²) in [4.78, 5) is 14.6. The van der Waals surface area contributed by atoms with Crippen LogP contribution in [0.25, 0.3) is 11.1 Å². The van der Waals surface area contributed by atoms with E-state index >= 15 is 0 Å². The molecule has 0 fully saturated rings. The standard InChI is InChI=1S/C18H18F3N3O3/c1-11-4-6-14(17(23-11)27-3)13-7-5-12(8-15(13)18(19,20)21)16(9-26-2)24-22-10-25/h4-8,10H,9H2,1-3H3,(H,22,25)/b24-16+. The molecule has 1 heterocycles. The molecule has 0 aliphatic heterocycles. The van der Waals surface area contributed by atoms with Crippen LogP contribution in [0.15, 0.2) is 35.4 Å². The van der Waals surface area contributed by atoms with Gasteiger partial charge in [-0.2, -0.15) is 18.3 Å². The number of carbonyl (C=O) groups is 1. The van der Waals surface area contributed by atoms with E-state index in [1.807, 2.05) is 0 Å². The molecule has 0 atom stereocenters. The van der Waals surface area contributed by atoms with Crippen LogP contribution in [0, 0.1) is 6.92 Å². The first kappa shape index (κ1) is 20.4. The van der Waals surface area contributed by atoms with Crippen LogP contribution >= 0.6 is 0 Å². The highest BCUT2D eigenvalue weighted by molar-refractivity contribution is 6.02. The van der Waals surface area contributed by atoms with Crippen LogP contribution in [0.4, 0.5) is 13.2 Å². The van der Waals surface area contributed by atoms with Crippen molar-refractivity contribution in [2.45, 2.75) is 13.1 Å². The van der Waals surface area contributed by atoms with Gasteiger partial charge in [0.2, 0.25) is 12.3 Å². The van der Waals surface area contributed by atoms with Crippen LogP contribution in [0.1, 0.15) is 16.8 Å². The van der Waals surface area contributed by atoms with Crippen molar-refractivity contribution in [2.75, 3.05) is 20.8 Å². The number of hydrogen-bond donors (Lipinski definition) is 1. The number of aromatic nitrogens is 1. The molecule has 0 unspecified atom stereocenters. The van der Waals surface area contributed by atoms with Gasteiger partial charge in [-0.25, -0.2) is 10.4 Å². The van der Waals surface area contributed by atoms with Crippen molar-refractivity contribution in [1.82, 2.24) is 10.4 Å². The Morgan fingerprint density at radius 1 is 1.22 bits per heavy atom. The second-order valence-corrected chi connectivity index (χ2v) is 5.51. The van der Waals surface area contributed by atoms with Crippen molar-refractivity contribution in [1.29, 1.82) is 0 Å². The van der Waals surface area contributed by atoms with Crippen LogP contribution in [0.3, 0.4) is 0 Å². The second-order valence-electron chi connectivity index (χ2n) is 5.51. The fourth-order valence-corrected chi connectivity index (χ4v) is 2.51. The summed E-state index contributed by atoms with van der Waals surface area (Å²) in [6.45, 7) is 1.64. The van der Waals surface area contributed by atoms with Crippen LogP contribution in [-0.2, 0) is 15.7 Å². The van der Waals surface area contributed by atoms with Gasteiger partial charge >= 0.3 is 6.18 Å². The summed E-state index contributed by atoms with van der Waals surface area (Å²) in [6, 6.07) is 6.88. The molecule has 1 amide bonds. The lowest BCUT2D eigenvalue weighted by Crippen LogP contribution is -2.16. The number of aryl methyl sites for hydroxylation is 1. The predicted molar refractivity (Wildman–Crippen MR) is 93.6 cm³/mol. The Morgan fingerprint density at radius 2 is 1.93 bits per heavy atom. The zero-order chi connectivity index (χ0) is 20.0. The van der Waals surface area contributed by atoms with Crippen molar-refractivity contribution < 1.29 is 27.4 Å². The van der Waals surface area contributed by atoms with Crippen LogP contribution in [0.5, 0.6) is 5.88 Å². The van der Waals surface area contributed by atoms with Crippen LogP contribution in [0.2, 0.25) is 0 Å². The highest BCUT2D eigenvalue weighted by Crippen LogP contribution is 2.40. The SMILES string of the molecule is COC/C(=N\NC=O)c1ccc(-c2ccc(C)nc2OC)c(C(F)(F)F)c1. The van der Waals surface area contributed by atoms with E-state index < -0.39 is 11.7 Å². The highest BCUT2D eigenvalue weighted by Gasteiger charge is 2.35. The average molecular weight is 381 g/mol. The van der Waals surface area contributed by atoms with E-state index in [0.717, 1.165) is 6.07 Å². The summed E-state index contributed by atoms with van der Waals surface area (Å²) in [5.74, 6) is 0.0988. The third-order valence-corrected chi connectivity index (χ3v) is 3.67. The van der Waals surface area contributed by atoms with Crippen LogP contribution in [-0.4, -0.2) is 37.9 Å². The number of hydrogen-bond acceptors (Lipinski definition) is 5. The number of rotatable bonds is 7. The summed E-state index contributed by atoms with van der Waals surface area (Å²) in [7, 11) is 2.72. The molecule has 2 aromatic rings. The van der Waals surface area contributed by atoms with Gasteiger partial charge in [0.25, 0.3) is 0 Å². The van der Waals surface area contributed by atoms with E-state index in [1.165, 1.54) is 32.4 Å². The number of ether oxygens (including phenoxy) is 2. The Bertz CT molecular complexity index is 851. The summed E-state index contributed by atoms with van der Waals surface area (Å²) in [5.41, 5.74) is 2.29. The Balaban J connectivity index is 2.66. The second kappa shape index (κ2) is 8.63. The Kier molecular flexibility index (Phi) is 6.51. The smallest absolute Gasteiger partial charge is 0.417 e. The molecule has 0 aliphatic carbocycles. The summed E-state index contributed by atoms with van der Waals surface area (Å²) >= 11 is 0. The lowest BCUT2D eigenvalue weighted by Gasteiger charge is -2.17. The van der Waals surface area contributed by atoms with Gasteiger partial charge in [0.05, 0.1) is 25.0 Å². The van der Waals surface area contributed by atoms with E-state index in [-0.39, 0.29) is 34.9 Å². The van der Waals surface area contributed by atoms with Crippen molar-refractivity contribution in [3.8, 4) is 17.0 Å². The minimum Gasteiger partial charge on any atom is -0.481 e. The largest absolute Gasteiger partial charge is 0.481 e. The monoisotopic (exact) mass is 381 g/mol. The van der Waals surface area contributed by atoms with Gasteiger partial charge in [-0.15, -0.1) is 0 Å². The van der Waals surface area contributed by atoms with E-state index in [2.05, 4.69) is 15.5 Å². The molecule has 1 aromatic carbocycles. The number of methoxy groups -OCH3 is 2. The van der Waals surface area contributed by atoms with Crippen molar-refractivity contribution in [3.63, 3.8) is 0 Å². The first-order chi connectivity index (χ1) is 12.8. The minimum atomic E-state index is -4.63. The fourth-order valence-electron chi connectivity index (χ4n) is 2.51. The summed E-state index contributed by atoms with van der Waals surface area (Å²) in [6.07, 6.45) is -4.31. The maximum Gasteiger partial charge on any atom is 0.417 e. The molecule has 0 saturated carbocycles. The Morgan fingerprint density at radius 3 is 2.52 bits per heavy atom. The van der Waals surface area contributed by atoms with E-state index in [0.29, 0.717) is 12.1 Å². The van der Waals surface area contributed by atoms with Crippen molar-refractivity contribution in [3.05, 3.63) is 47.2 Å². The number of amides is 1. The maximum absolute atomic E-state index is 13.7. The van der Waals surface area contributed by atoms with Crippen molar-refractivity contribution >= 4 is 12.1 Å². The molecule has 1 N–H and O–H groups in total. The minimum absolute atomic E-state index is 0.0734. The molecule has 0 saturated heterocycles. The molecular weight excluding hydrogens is 363 g/mol. The van der Waals surface area contributed by atoms with Gasteiger partial charge in [0.15, 0.2) is 0 Å². The first-order valence-electron chi connectivity index (χ1n) is 7.80. The average Bonchev–Trinajstić information content (AvgIpc) is 2.64. The number of carbonyl (C=O) groups excluding carboxylic acids is 1. The zero-order valence-electron chi connectivity index (χ0n) is 14.9. The number of halogens is 3. The summed E-state index contributed by atoms with van der Waals surface area (Å²) < 4.78 is 51.3. The molecule has 1 aromatic heterocycles. The zero-order valence-corrected chi connectivity index (χ0v) is 14.9. The topological polar surface area (TPSA) is 72.8 Å². The molecule has 0 spiro atoms. The van der Waals surface area contributed by atoms with E-state index in [4.69, 9.17) is 9.47 Å². The van der Waals surface area contributed by atoms with Gasteiger partial charge in [0.1, 0.15) is 0 Å². The van der Waals surface area contributed by atoms with E-state index in [9.17, 15) is 18.0 Å². The molecule has 2 rings (SSSR count). The van der Waals surface area contributed by atoms with Gasteiger partial charge in [-0.3, -0.25) is 4.79 Å². The van der Waals surface area contributed by atoms with E-state index in [1.54, 1.807) is 13.0 Å². The number of hydrazone groups is 1. The lowest BCUT2D eigenvalue weighted by molar-refractivity contribution is -0.137. The molecule has 27 heavy (non-hydrogen) atoms. The predicted octanol–water partition coefficient (Wildman–Crippen LogP) is 3.18. The van der Waals surface area contributed by atoms with Crippen LogP contribution < -0.4 is 10.2 Å². The molecule has 0 radical (unpaired) electrons.